The van der Waals surface area contributed by atoms with Crippen LogP contribution in [-0.2, 0) is 14.3 Å². The topological polar surface area (TPSA) is 64.8 Å². The molecule has 5 nitrogen and oxygen atoms in total. The van der Waals surface area contributed by atoms with Gasteiger partial charge in [-0.2, -0.15) is 0 Å². The van der Waals surface area contributed by atoms with Crippen molar-refractivity contribution >= 4 is 5.91 Å². The van der Waals surface area contributed by atoms with E-state index >= 15 is 0 Å². The molecular formula is C16H24N2O3. The van der Waals surface area contributed by atoms with E-state index in [1.807, 2.05) is 30.3 Å². The third-order valence-corrected chi connectivity index (χ3v) is 4.07. The summed E-state index contributed by atoms with van der Waals surface area (Å²) in [6.07, 6.45) is 1.01. The minimum atomic E-state index is -0.103. The Labute approximate surface area is 126 Å². The first-order valence-corrected chi connectivity index (χ1v) is 7.29. The predicted octanol–water partition coefficient (Wildman–Crippen LogP) is 1.34. The normalized spacial score (nSPS) is 23.3. The molecule has 2 N–H and O–H groups in total. The summed E-state index contributed by atoms with van der Waals surface area (Å²) < 4.78 is 10.7. The maximum atomic E-state index is 12.3. The summed E-state index contributed by atoms with van der Waals surface area (Å²) in [6.45, 7) is 1.18. The molecule has 1 aliphatic heterocycles. The fraction of sp³-hybridized carbons (Fsp3) is 0.562. The monoisotopic (exact) mass is 292 g/mol. The largest absolute Gasteiger partial charge is 0.377 e. The molecule has 0 saturated carbocycles. The van der Waals surface area contributed by atoms with Crippen LogP contribution in [0.4, 0.5) is 0 Å². The molecule has 0 spiro atoms. The van der Waals surface area contributed by atoms with E-state index in [1.54, 1.807) is 19.1 Å². The van der Waals surface area contributed by atoms with Crippen LogP contribution in [0.1, 0.15) is 24.4 Å². The van der Waals surface area contributed by atoms with Crippen molar-refractivity contribution < 1.29 is 14.3 Å². The molecular weight excluding hydrogens is 268 g/mol. The zero-order chi connectivity index (χ0) is 15.2. The van der Waals surface area contributed by atoms with E-state index in [2.05, 4.69) is 0 Å². The summed E-state index contributed by atoms with van der Waals surface area (Å²) >= 11 is 0. The van der Waals surface area contributed by atoms with Gasteiger partial charge < -0.3 is 20.1 Å². The molecule has 5 heteroatoms. The number of methoxy groups -OCH3 is 2. The molecule has 1 aromatic carbocycles. The van der Waals surface area contributed by atoms with Crippen LogP contribution in [0.15, 0.2) is 30.3 Å². The molecule has 1 fully saturated rings. The molecule has 1 aromatic rings. The standard InChI is InChI=1S/C16H24N2O3/c1-20-14-10-18(11-15(14)21-2)16(19)9-8-13(17)12-6-4-3-5-7-12/h3-7,13-15H,8-11,17H2,1-2H3. The second kappa shape index (κ2) is 7.54. The highest BCUT2D eigenvalue weighted by atomic mass is 16.5. The average molecular weight is 292 g/mol. The van der Waals surface area contributed by atoms with Crippen LogP contribution in [0, 0.1) is 0 Å². The van der Waals surface area contributed by atoms with Crippen LogP contribution in [-0.4, -0.2) is 50.3 Å². The Kier molecular flexibility index (Phi) is 5.73. The zero-order valence-electron chi connectivity index (χ0n) is 12.7. The minimum absolute atomic E-state index is 0.0400. The molecule has 3 unspecified atom stereocenters. The Bertz CT molecular complexity index is 440. The Morgan fingerprint density at radius 1 is 1.24 bits per heavy atom. The number of rotatable bonds is 6. The molecule has 1 aliphatic rings. The number of amides is 1. The molecule has 1 amide bonds. The fourth-order valence-electron chi connectivity index (χ4n) is 2.70. The van der Waals surface area contributed by atoms with E-state index < -0.39 is 0 Å². The molecule has 0 aliphatic carbocycles. The number of likely N-dealkylation sites (tertiary alicyclic amines) is 1. The van der Waals surface area contributed by atoms with Gasteiger partial charge in [0.25, 0.3) is 0 Å². The predicted molar refractivity (Wildman–Crippen MR) is 80.8 cm³/mol. The second-order valence-electron chi connectivity index (χ2n) is 5.40. The first-order chi connectivity index (χ1) is 10.2. The average Bonchev–Trinajstić information content (AvgIpc) is 2.96. The van der Waals surface area contributed by atoms with Gasteiger partial charge in [-0.1, -0.05) is 30.3 Å². The summed E-state index contributed by atoms with van der Waals surface area (Å²) in [4.78, 5) is 14.1. The lowest BCUT2D eigenvalue weighted by atomic mass is 10.0. The number of nitrogens with zero attached hydrogens (tertiary/aromatic N) is 1. The summed E-state index contributed by atoms with van der Waals surface area (Å²) in [7, 11) is 3.30. The van der Waals surface area contributed by atoms with Crippen molar-refractivity contribution in [3.63, 3.8) is 0 Å². The lowest BCUT2D eigenvalue weighted by Gasteiger charge is -2.17. The second-order valence-corrected chi connectivity index (χ2v) is 5.40. The van der Waals surface area contributed by atoms with Crippen LogP contribution in [0.5, 0.6) is 0 Å². The molecule has 2 rings (SSSR count). The Hall–Kier alpha value is -1.43. The van der Waals surface area contributed by atoms with Crippen molar-refractivity contribution in [2.45, 2.75) is 31.1 Å². The number of hydrogen-bond acceptors (Lipinski definition) is 4. The maximum absolute atomic E-state index is 12.3. The van der Waals surface area contributed by atoms with Gasteiger partial charge in [0.05, 0.1) is 0 Å². The van der Waals surface area contributed by atoms with E-state index in [1.165, 1.54) is 0 Å². The molecule has 1 saturated heterocycles. The van der Waals surface area contributed by atoms with Gasteiger partial charge in [0.1, 0.15) is 12.2 Å². The number of carbonyl (C=O) groups is 1. The fourth-order valence-corrected chi connectivity index (χ4v) is 2.70. The van der Waals surface area contributed by atoms with Gasteiger partial charge in [-0.15, -0.1) is 0 Å². The first kappa shape index (κ1) is 15.9. The molecule has 3 atom stereocenters. The lowest BCUT2D eigenvalue weighted by molar-refractivity contribution is -0.130. The highest BCUT2D eigenvalue weighted by molar-refractivity contribution is 5.76. The Morgan fingerprint density at radius 3 is 2.33 bits per heavy atom. The van der Waals surface area contributed by atoms with E-state index in [9.17, 15) is 4.79 Å². The van der Waals surface area contributed by atoms with Gasteiger partial charge in [-0.3, -0.25) is 4.79 Å². The Morgan fingerprint density at radius 2 is 1.81 bits per heavy atom. The number of nitrogens with two attached hydrogens (primary N) is 1. The van der Waals surface area contributed by atoms with Crippen LogP contribution < -0.4 is 5.73 Å². The van der Waals surface area contributed by atoms with Gasteiger partial charge in [0, 0.05) is 39.8 Å². The van der Waals surface area contributed by atoms with Crippen molar-refractivity contribution in [1.29, 1.82) is 0 Å². The summed E-state index contributed by atoms with van der Waals surface area (Å²) in [5.74, 6) is 0.114. The van der Waals surface area contributed by atoms with Gasteiger partial charge in [0.2, 0.25) is 5.91 Å². The molecule has 0 radical (unpaired) electrons. The molecule has 0 aromatic heterocycles. The molecule has 116 valence electrons. The smallest absolute Gasteiger partial charge is 0.222 e. The van der Waals surface area contributed by atoms with Crippen molar-refractivity contribution in [2.75, 3.05) is 27.3 Å². The zero-order valence-corrected chi connectivity index (χ0v) is 12.7. The van der Waals surface area contributed by atoms with Gasteiger partial charge in [-0.05, 0) is 12.0 Å². The highest BCUT2D eigenvalue weighted by Crippen LogP contribution is 2.20. The van der Waals surface area contributed by atoms with Crippen LogP contribution in [0.2, 0.25) is 0 Å². The third-order valence-electron chi connectivity index (χ3n) is 4.07. The lowest BCUT2D eigenvalue weighted by Crippen LogP contribution is -2.30. The van der Waals surface area contributed by atoms with E-state index in [0.717, 1.165) is 5.56 Å². The Balaban J connectivity index is 1.83. The minimum Gasteiger partial charge on any atom is -0.377 e. The van der Waals surface area contributed by atoms with Crippen molar-refractivity contribution in [2.24, 2.45) is 5.73 Å². The van der Waals surface area contributed by atoms with E-state index in [-0.39, 0.29) is 24.2 Å². The molecule has 1 heterocycles. The number of hydrogen-bond donors (Lipinski definition) is 1. The van der Waals surface area contributed by atoms with Gasteiger partial charge >= 0.3 is 0 Å². The maximum Gasteiger partial charge on any atom is 0.222 e. The molecule has 0 bridgehead atoms. The summed E-state index contributed by atoms with van der Waals surface area (Å²) in [5, 5.41) is 0. The summed E-state index contributed by atoms with van der Waals surface area (Å²) in [5.41, 5.74) is 7.19. The highest BCUT2D eigenvalue weighted by Gasteiger charge is 2.35. The van der Waals surface area contributed by atoms with E-state index in [0.29, 0.717) is 25.9 Å². The number of benzene rings is 1. The van der Waals surface area contributed by atoms with Crippen LogP contribution in [0.25, 0.3) is 0 Å². The summed E-state index contributed by atoms with van der Waals surface area (Å²) in [6, 6.07) is 9.77. The number of ether oxygens (including phenoxy) is 2. The number of carbonyl (C=O) groups excluding carboxylic acids is 1. The van der Waals surface area contributed by atoms with Crippen molar-refractivity contribution in [1.82, 2.24) is 4.90 Å². The quantitative estimate of drug-likeness (QED) is 0.859. The van der Waals surface area contributed by atoms with Gasteiger partial charge in [-0.25, -0.2) is 0 Å². The SMILES string of the molecule is COC1CN(C(=O)CCC(N)c2ccccc2)CC1OC. The molecule has 21 heavy (non-hydrogen) atoms. The van der Waals surface area contributed by atoms with Crippen LogP contribution >= 0.6 is 0 Å². The first-order valence-electron chi connectivity index (χ1n) is 7.29. The van der Waals surface area contributed by atoms with Crippen LogP contribution in [0.3, 0.4) is 0 Å². The van der Waals surface area contributed by atoms with E-state index in [4.69, 9.17) is 15.2 Å². The van der Waals surface area contributed by atoms with Crippen molar-refractivity contribution in [3.05, 3.63) is 35.9 Å². The van der Waals surface area contributed by atoms with Gasteiger partial charge in [0.15, 0.2) is 0 Å². The van der Waals surface area contributed by atoms with Crippen molar-refractivity contribution in [3.8, 4) is 0 Å². The third kappa shape index (κ3) is 4.03.